The molecule has 1 aromatic carbocycles. The third-order valence-corrected chi connectivity index (χ3v) is 3.49. The van der Waals surface area contributed by atoms with Gasteiger partial charge in [-0.2, -0.15) is 11.3 Å². The molecule has 0 saturated heterocycles. The molecule has 1 aromatic heterocycles. The van der Waals surface area contributed by atoms with Crippen LogP contribution >= 0.6 is 11.3 Å². The van der Waals surface area contributed by atoms with Crippen LogP contribution < -0.4 is 10.6 Å². The lowest BCUT2D eigenvalue weighted by Gasteiger charge is -2.20. The van der Waals surface area contributed by atoms with Crippen LogP contribution in [0.1, 0.15) is 15.9 Å². The fourth-order valence-corrected chi connectivity index (χ4v) is 2.46. The van der Waals surface area contributed by atoms with Crippen LogP contribution in [-0.4, -0.2) is 18.1 Å². The third kappa shape index (κ3) is 2.85. The molecule has 0 aliphatic rings. The van der Waals surface area contributed by atoms with Gasteiger partial charge in [-0.3, -0.25) is 0 Å². The van der Waals surface area contributed by atoms with Gasteiger partial charge in [-0.1, -0.05) is 0 Å². The molecule has 0 atom stereocenters. The number of nitrogens with two attached hydrogens (primary N) is 1. The highest BCUT2D eigenvalue weighted by molar-refractivity contribution is 7.07. The fourth-order valence-electron chi connectivity index (χ4n) is 1.80. The molecule has 100 valence electrons. The van der Waals surface area contributed by atoms with Gasteiger partial charge in [-0.25, -0.2) is 9.18 Å². The van der Waals surface area contributed by atoms with Crippen LogP contribution in [-0.2, 0) is 6.54 Å². The molecule has 1 heterocycles. The predicted octanol–water partition coefficient (Wildman–Crippen LogP) is 2.80. The molecule has 0 unspecified atom stereocenters. The lowest BCUT2D eigenvalue weighted by molar-refractivity contribution is 0.0698. The van der Waals surface area contributed by atoms with Crippen LogP contribution in [0.25, 0.3) is 0 Å². The van der Waals surface area contributed by atoms with Crippen LogP contribution in [0.3, 0.4) is 0 Å². The molecule has 4 nitrogen and oxygen atoms in total. The molecular weight excluding hydrogens is 267 g/mol. The molecule has 2 aromatic rings. The van der Waals surface area contributed by atoms with Crippen LogP contribution in [0.5, 0.6) is 0 Å². The predicted molar refractivity (Wildman–Crippen MR) is 74.2 cm³/mol. The number of nitrogens with zero attached hydrogens (tertiary/aromatic N) is 1. The summed E-state index contributed by atoms with van der Waals surface area (Å²) in [7, 11) is 1.71. The molecule has 6 heteroatoms. The molecule has 3 N–H and O–H groups in total. The van der Waals surface area contributed by atoms with E-state index in [1.807, 2.05) is 16.8 Å². The van der Waals surface area contributed by atoms with Crippen molar-refractivity contribution in [3.63, 3.8) is 0 Å². The molecule has 0 amide bonds. The van der Waals surface area contributed by atoms with Crippen molar-refractivity contribution in [2.75, 3.05) is 17.7 Å². The number of carbonyl (C=O) groups is 1. The number of hydrogen-bond donors (Lipinski definition) is 2. The van der Waals surface area contributed by atoms with Crippen molar-refractivity contribution in [2.24, 2.45) is 0 Å². The Bertz CT molecular complexity index is 599. The fraction of sp³-hybridized carbons (Fsp3) is 0.154. The van der Waals surface area contributed by atoms with E-state index in [-0.39, 0.29) is 16.9 Å². The molecule has 2 rings (SSSR count). The monoisotopic (exact) mass is 280 g/mol. The van der Waals surface area contributed by atoms with E-state index in [0.717, 1.165) is 11.6 Å². The van der Waals surface area contributed by atoms with E-state index in [0.29, 0.717) is 6.54 Å². The van der Waals surface area contributed by atoms with Crippen LogP contribution in [0.4, 0.5) is 15.8 Å². The second kappa shape index (κ2) is 5.27. The summed E-state index contributed by atoms with van der Waals surface area (Å²) in [5.74, 6) is -1.69. The molecule has 0 bridgehead atoms. The van der Waals surface area contributed by atoms with Gasteiger partial charge in [0.25, 0.3) is 0 Å². The van der Waals surface area contributed by atoms with Crippen molar-refractivity contribution in [3.8, 4) is 0 Å². The highest BCUT2D eigenvalue weighted by Gasteiger charge is 2.16. The smallest absolute Gasteiger partial charge is 0.337 e. The second-order valence-electron chi connectivity index (χ2n) is 4.18. The molecule has 0 fully saturated rings. The SMILES string of the molecule is CN(Cc1ccsc1)c1cc(C(=O)O)c(N)cc1F. The van der Waals surface area contributed by atoms with E-state index in [9.17, 15) is 9.18 Å². The first-order chi connectivity index (χ1) is 8.99. The van der Waals surface area contributed by atoms with Gasteiger partial charge in [-0.15, -0.1) is 0 Å². The third-order valence-electron chi connectivity index (χ3n) is 2.76. The quantitative estimate of drug-likeness (QED) is 0.845. The summed E-state index contributed by atoms with van der Waals surface area (Å²) in [6, 6.07) is 4.25. The number of nitrogen functional groups attached to an aromatic ring is 1. The number of benzene rings is 1. The summed E-state index contributed by atoms with van der Waals surface area (Å²) >= 11 is 1.56. The second-order valence-corrected chi connectivity index (χ2v) is 4.96. The average molecular weight is 280 g/mol. The van der Waals surface area contributed by atoms with Gasteiger partial charge in [0.1, 0.15) is 5.82 Å². The number of carboxylic acid groups (broad SMARTS) is 1. The highest BCUT2D eigenvalue weighted by Crippen LogP contribution is 2.26. The first-order valence-corrected chi connectivity index (χ1v) is 6.48. The number of hydrogen-bond acceptors (Lipinski definition) is 4. The molecule has 0 aliphatic carbocycles. The van der Waals surface area contributed by atoms with Gasteiger partial charge in [0.05, 0.1) is 11.3 Å². The normalized spacial score (nSPS) is 10.4. The van der Waals surface area contributed by atoms with E-state index in [1.54, 1.807) is 23.3 Å². The summed E-state index contributed by atoms with van der Waals surface area (Å²) in [4.78, 5) is 12.7. The summed E-state index contributed by atoms with van der Waals surface area (Å²) in [5, 5.41) is 12.9. The zero-order valence-electron chi connectivity index (χ0n) is 10.3. The minimum atomic E-state index is -1.16. The van der Waals surface area contributed by atoms with Crippen molar-refractivity contribution in [3.05, 3.63) is 45.9 Å². The molecule has 0 aliphatic heterocycles. The lowest BCUT2D eigenvalue weighted by atomic mass is 10.1. The van der Waals surface area contributed by atoms with Gasteiger partial charge in [0.15, 0.2) is 0 Å². The van der Waals surface area contributed by atoms with Crippen LogP contribution in [0, 0.1) is 5.82 Å². The Kier molecular flexibility index (Phi) is 3.71. The van der Waals surface area contributed by atoms with Crippen LogP contribution in [0.2, 0.25) is 0 Å². The van der Waals surface area contributed by atoms with E-state index < -0.39 is 11.8 Å². The zero-order chi connectivity index (χ0) is 14.0. The van der Waals surface area contributed by atoms with E-state index in [2.05, 4.69) is 0 Å². The zero-order valence-corrected chi connectivity index (χ0v) is 11.1. The van der Waals surface area contributed by atoms with Crippen LogP contribution in [0.15, 0.2) is 29.0 Å². The molecule has 0 saturated carbocycles. The first-order valence-electron chi connectivity index (χ1n) is 5.53. The topological polar surface area (TPSA) is 66.6 Å². The maximum Gasteiger partial charge on any atom is 0.337 e. The number of aromatic carboxylic acids is 1. The Balaban J connectivity index is 2.33. The van der Waals surface area contributed by atoms with Gasteiger partial charge in [0, 0.05) is 19.3 Å². The number of carboxylic acids is 1. The van der Waals surface area contributed by atoms with Gasteiger partial charge < -0.3 is 15.7 Å². The van der Waals surface area contributed by atoms with Crippen molar-refractivity contribution < 1.29 is 14.3 Å². The largest absolute Gasteiger partial charge is 0.478 e. The van der Waals surface area contributed by atoms with Crippen molar-refractivity contribution in [2.45, 2.75) is 6.54 Å². The van der Waals surface area contributed by atoms with E-state index >= 15 is 0 Å². The minimum absolute atomic E-state index is 0.0716. The van der Waals surface area contributed by atoms with Gasteiger partial charge >= 0.3 is 5.97 Å². The summed E-state index contributed by atoms with van der Waals surface area (Å²) < 4.78 is 13.9. The molecule has 0 radical (unpaired) electrons. The number of rotatable bonds is 4. The Morgan fingerprint density at radius 3 is 2.84 bits per heavy atom. The maximum absolute atomic E-state index is 13.9. The first kappa shape index (κ1) is 13.4. The minimum Gasteiger partial charge on any atom is -0.478 e. The van der Waals surface area contributed by atoms with E-state index in [1.165, 1.54) is 6.07 Å². The van der Waals surface area contributed by atoms with E-state index in [4.69, 9.17) is 10.8 Å². The maximum atomic E-state index is 13.9. The Morgan fingerprint density at radius 2 is 2.26 bits per heavy atom. The Morgan fingerprint density at radius 1 is 1.53 bits per heavy atom. The molecule has 19 heavy (non-hydrogen) atoms. The number of halogens is 1. The lowest BCUT2D eigenvalue weighted by Crippen LogP contribution is -2.18. The van der Waals surface area contributed by atoms with Crippen molar-refractivity contribution in [1.82, 2.24) is 0 Å². The Labute approximate surface area is 113 Å². The van der Waals surface area contributed by atoms with Crippen molar-refractivity contribution in [1.29, 1.82) is 0 Å². The standard InChI is InChI=1S/C13H13FN2O2S/c1-16(6-8-2-3-19-7-8)12-4-9(13(17)18)11(15)5-10(12)14/h2-5,7H,6,15H2,1H3,(H,17,18). The molecule has 0 spiro atoms. The summed E-state index contributed by atoms with van der Waals surface area (Å²) in [6.45, 7) is 0.503. The van der Waals surface area contributed by atoms with Crippen molar-refractivity contribution >= 4 is 28.7 Å². The number of thiophene rings is 1. The molecular formula is C13H13FN2O2S. The Hall–Kier alpha value is -2.08. The summed E-state index contributed by atoms with van der Waals surface area (Å²) in [5.41, 5.74) is 6.59. The highest BCUT2D eigenvalue weighted by atomic mass is 32.1. The average Bonchev–Trinajstić information content (AvgIpc) is 2.81. The van der Waals surface area contributed by atoms with Gasteiger partial charge in [-0.05, 0) is 34.5 Å². The summed E-state index contributed by atoms with van der Waals surface area (Å²) in [6.07, 6.45) is 0. The number of anilines is 2. The van der Waals surface area contributed by atoms with Gasteiger partial charge in [0.2, 0.25) is 0 Å².